The molecule has 0 atom stereocenters. The van der Waals surface area contributed by atoms with Crippen LogP contribution < -0.4 is 4.72 Å². The van der Waals surface area contributed by atoms with Gasteiger partial charge in [-0.3, -0.25) is 9.59 Å². The normalized spacial score (nSPS) is 11.2. The zero-order valence-electron chi connectivity index (χ0n) is 15.5. The molecule has 0 saturated heterocycles. The van der Waals surface area contributed by atoms with Gasteiger partial charge in [-0.25, -0.2) is 13.4 Å². The number of nitrogens with one attached hydrogen (secondary N) is 1. The summed E-state index contributed by atoms with van der Waals surface area (Å²) in [5.41, 5.74) is 1.23. The van der Waals surface area contributed by atoms with Gasteiger partial charge in [0.15, 0.2) is 18.2 Å². The SMILES string of the molecule is CC(=O)c1ccc(S(=O)(=O)NCC(=O)OCc2ncc(-c3ccccc3)o2)cc1. The van der Waals surface area contributed by atoms with Crippen LogP contribution in [0, 0.1) is 0 Å². The first-order valence-corrected chi connectivity index (χ1v) is 10.1. The number of carbonyl (C=O) groups is 2. The van der Waals surface area contributed by atoms with Gasteiger partial charge in [-0.1, -0.05) is 42.5 Å². The molecular weight excluding hydrogens is 396 g/mol. The summed E-state index contributed by atoms with van der Waals surface area (Å²) in [5, 5.41) is 0. The summed E-state index contributed by atoms with van der Waals surface area (Å²) in [6.07, 6.45) is 1.52. The summed E-state index contributed by atoms with van der Waals surface area (Å²) >= 11 is 0. The molecule has 0 aliphatic heterocycles. The molecule has 2 aromatic carbocycles. The molecule has 0 amide bonds. The van der Waals surface area contributed by atoms with Crippen LogP contribution in [-0.2, 0) is 26.2 Å². The van der Waals surface area contributed by atoms with E-state index in [2.05, 4.69) is 9.71 Å². The van der Waals surface area contributed by atoms with Gasteiger partial charge in [0, 0.05) is 11.1 Å². The Kier molecular flexibility index (Phi) is 6.20. The van der Waals surface area contributed by atoms with E-state index in [1.54, 1.807) is 0 Å². The molecule has 0 spiro atoms. The van der Waals surface area contributed by atoms with Crippen molar-refractivity contribution >= 4 is 21.8 Å². The number of oxazole rings is 1. The molecule has 8 nitrogen and oxygen atoms in total. The van der Waals surface area contributed by atoms with Gasteiger partial charge in [0.05, 0.1) is 11.1 Å². The summed E-state index contributed by atoms with van der Waals surface area (Å²) in [5.74, 6) is -0.230. The van der Waals surface area contributed by atoms with E-state index in [1.165, 1.54) is 37.4 Å². The molecule has 29 heavy (non-hydrogen) atoms. The van der Waals surface area contributed by atoms with Crippen LogP contribution in [0.1, 0.15) is 23.2 Å². The Balaban J connectivity index is 1.52. The number of sulfonamides is 1. The predicted octanol–water partition coefficient (Wildman–Crippen LogP) is 2.57. The quantitative estimate of drug-likeness (QED) is 0.445. The van der Waals surface area contributed by atoms with Crippen LogP contribution in [0.25, 0.3) is 11.3 Å². The van der Waals surface area contributed by atoms with E-state index >= 15 is 0 Å². The minimum absolute atomic E-state index is 0.0597. The van der Waals surface area contributed by atoms with Gasteiger partial charge in [-0.15, -0.1) is 0 Å². The molecule has 0 aliphatic carbocycles. The molecule has 0 unspecified atom stereocenters. The lowest BCUT2D eigenvalue weighted by molar-refractivity contribution is -0.144. The fraction of sp³-hybridized carbons (Fsp3) is 0.150. The van der Waals surface area contributed by atoms with Crippen molar-refractivity contribution in [1.29, 1.82) is 0 Å². The third-order valence-corrected chi connectivity index (χ3v) is 5.36. The molecule has 3 rings (SSSR count). The number of carbonyl (C=O) groups excluding carboxylic acids is 2. The Morgan fingerprint density at radius 1 is 1.07 bits per heavy atom. The van der Waals surface area contributed by atoms with Crippen LogP contribution in [0.2, 0.25) is 0 Å². The summed E-state index contributed by atoms with van der Waals surface area (Å²) < 4.78 is 37.1. The number of nitrogens with zero attached hydrogens (tertiary/aromatic N) is 1. The maximum absolute atomic E-state index is 12.2. The maximum Gasteiger partial charge on any atom is 0.321 e. The monoisotopic (exact) mass is 414 g/mol. The van der Waals surface area contributed by atoms with E-state index in [4.69, 9.17) is 9.15 Å². The van der Waals surface area contributed by atoms with Gasteiger partial charge in [-0.05, 0) is 19.1 Å². The largest absolute Gasteiger partial charge is 0.455 e. The maximum atomic E-state index is 12.2. The van der Waals surface area contributed by atoms with Crippen molar-refractivity contribution in [2.45, 2.75) is 18.4 Å². The van der Waals surface area contributed by atoms with Crippen LogP contribution in [0.4, 0.5) is 0 Å². The number of rotatable bonds is 8. The summed E-state index contributed by atoms with van der Waals surface area (Å²) in [6.45, 7) is 0.609. The van der Waals surface area contributed by atoms with Gasteiger partial charge in [-0.2, -0.15) is 4.72 Å². The molecule has 0 radical (unpaired) electrons. The van der Waals surface area contributed by atoms with E-state index < -0.39 is 22.5 Å². The lowest BCUT2D eigenvalue weighted by Gasteiger charge is -2.07. The van der Waals surface area contributed by atoms with E-state index in [-0.39, 0.29) is 23.2 Å². The fourth-order valence-electron chi connectivity index (χ4n) is 2.41. The zero-order valence-corrected chi connectivity index (χ0v) is 16.3. The van der Waals surface area contributed by atoms with Crippen LogP contribution in [0.5, 0.6) is 0 Å². The van der Waals surface area contributed by atoms with Crippen molar-refractivity contribution in [3.8, 4) is 11.3 Å². The second-order valence-corrected chi connectivity index (χ2v) is 7.82. The van der Waals surface area contributed by atoms with Crippen molar-refractivity contribution in [2.75, 3.05) is 6.54 Å². The highest BCUT2D eigenvalue weighted by Gasteiger charge is 2.17. The summed E-state index contributed by atoms with van der Waals surface area (Å²) in [4.78, 5) is 27.1. The average Bonchev–Trinajstić information content (AvgIpc) is 3.20. The number of esters is 1. The number of hydrogen-bond acceptors (Lipinski definition) is 7. The van der Waals surface area contributed by atoms with Crippen molar-refractivity contribution in [3.63, 3.8) is 0 Å². The highest BCUT2D eigenvalue weighted by Crippen LogP contribution is 2.20. The molecule has 1 heterocycles. The molecule has 0 saturated carbocycles. The van der Waals surface area contributed by atoms with E-state index in [0.29, 0.717) is 11.3 Å². The highest BCUT2D eigenvalue weighted by atomic mass is 32.2. The highest BCUT2D eigenvalue weighted by molar-refractivity contribution is 7.89. The molecule has 9 heteroatoms. The molecule has 0 fully saturated rings. The topological polar surface area (TPSA) is 116 Å². The third-order valence-electron chi connectivity index (χ3n) is 3.95. The van der Waals surface area contributed by atoms with Crippen LogP contribution >= 0.6 is 0 Å². The Bertz CT molecular complexity index is 1110. The predicted molar refractivity (Wildman–Crippen MR) is 103 cm³/mol. The molecule has 1 aromatic heterocycles. The second kappa shape index (κ2) is 8.80. The van der Waals surface area contributed by atoms with Crippen LogP contribution in [0.15, 0.2) is 70.1 Å². The van der Waals surface area contributed by atoms with Crippen molar-refractivity contribution in [3.05, 3.63) is 72.2 Å². The van der Waals surface area contributed by atoms with Crippen molar-refractivity contribution < 1.29 is 27.2 Å². The molecule has 3 aromatic rings. The smallest absolute Gasteiger partial charge is 0.321 e. The minimum atomic E-state index is -3.91. The van der Waals surface area contributed by atoms with Gasteiger partial charge < -0.3 is 9.15 Å². The summed E-state index contributed by atoms with van der Waals surface area (Å²) in [7, 11) is -3.91. The Hall–Kier alpha value is -3.30. The first-order chi connectivity index (χ1) is 13.8. The minimum Gasteiger partial charge on any atom is -0.455 e. The lowest BCUT2D eigenvalue weighted by Crippen LogP contribution is -2.30. The van der Waals surface area contributed by atoms with E-state index in [0.717, 1.165) is 5.56 Å². The summed E-state index contributed by atoms with van der Waals surface area (Å²) in [6, 6.07) is 14.7. The number of benzene rings is 2. The fourth-order valence-corrected chi connectivity index (χ4v) is 3.38. The second-order valence-electron chi connectivity index (χ2n) is 6.05. The average molecular weight is 414 g/mol. The van der Waals surface area contributed by atoms with Crippen LogP contribution in [0.3, 0.4) is 0 Å². The van der Waals surface area contributed by atoms with E-state index in [1.807, 2.05) is 30.3 Å². The zero-order chi connectivity index (χ0) is 20.9. The number of aromatic nitrogens is 1. The lowest BCUT2D eigenvalue weighted by atomic mass is 10.2. The first kappa shape index (κ1) is 20.4. The molecule has 0 bridgehead atoms. The number of ether oxygens (including phenoxy) is 1. The van der Waals surface area contributed by atoms with Gasteiger partial charge in [0.2, 0.25) is 15.9 Å². The standard InChI is InChI=1S/C20H18N2O6S/c1-14(23)15-7-9-17(10-8-15)29(25,26)22-12-20(24)27-13-19-21-11-18(28-19)16-5-3-2-4-6-16/h2-11,22H,12-13H2,1H3. The van der Waals surface area contributed by atoms with Crippen molar-refractivity contribution in [1.82, 2.24) is 9.71 Å². The van der Waals surface area contributed by atoms with Crippen molar-refractivity contribution in [2.24, 2.45) is 0 Å². The van der Waals surface area contributed by atoms with Gasteiger partial charge in [0.25, 0.3) is 0 Å². The molecule has 0 aliphatic rings. The Morgan fingerprint density at radius 3 is 2.41 bits per heavy atom. The molecule has 1 N–H and O–H groups in total. The Morgan fingerprint density at radius 2 is 1.76 bits per heavy atom. The van der Waals surface area contributed by atoms with Gasteiger partial charge >= 0.3 is 5.97 Å². The van der Waals surface area contributed by atoms with Gasteiger partial charge in [0.1, 0.15) is 6.54 Å². The molecule has 150 valence electrons. The number of Topliss-reactive ketones (excluding diaryl/α,β-unsaturated/α-hetero) is 1. The number of ketones is 1. The molecular formula is C20H18N2O6S. The van der Waals surface area contributed by atoms with E-state index in [9.17, 15) is 18.0 Å². The first-order valence-electron chi connectivity index (χ1n) is 8.61. The Labute approximate surface area is 167 Å². The number of hydrogen-bond donors (Lipinski definition) is 1. The third kappa shape index (κ3) is 5.37. The van der Waals surface area contributed by atoms with Crippen LogP contribution in [-0.4, -0.2) is 31.7 Å².